The van der Waals surface area contributed by atoms with Crippen molar-refractivity contribution in [2.24, 2.45) is 21.7 Å². The van der Waals surface area contributed by atoms with Gasteiger partial charge in [0.2, 0.25) is 0 Å². The fourth-order valence-electron chi connectivity index (χ4n) is 2.74. The Hall–Kier alpha value is -1.28. The first-order chi connectivity index (χ1) is 10.3. The molecular weight excluding hydrogens is 286 g/mol. The molecule has 1 unspecified atom stereocenters. The standard InChI is InChI=1S/C19H25N.CH4S/c1-15-13-18(2,3)10-7-6-9-16(15)17-14-19(4,5)11-8-12-20-17;1-2/h6-14,16H,1-5H3;2H,1H3/b9-6-,10-7-,15-13?;. The maximum atomic E-state index is 4.65. The minimum absolute atomic E-state index is 0.0493. The third-order valence-electron chi connectivity index (χ3n) is 3.70. The predicted molar refractivity (Wildman–Crippen MR) is 104 cm³/mol. The monoisotopic (exact) mass is 315 g/mol. The number of hydrogen-bond acceptors (Lipinski definition) is 2. The van der Waals surface area contributed by atoms with Gasteiger partial charge < -0.3 is 0 Å². The molecule has 0 saturated carbocycles. The van der Waals surface area contributed by atoms with Gasteiger partial charge in [0.1, 0.15) is 0 Å². The lowest BCUT2D eigenvalue weighted by molar-refractivity contribution is 0.601. The van der Waals surface area contributed by atoms with Gasteiger partial charge in [0.15, 0.2) is 0 Å². The molecule has 0 N–H and O–H groups in total. The van der Waals surface area contributed by atoms with Gasteiger partial charge in [-0.25, -0.2) is 0 Å². The van der Waals surface area contributed by atoms with E-state index in [1.54, 1.807) is 6.26 Å². The van der Waals surface area contributed by atoms with Crippen LogP contribution in [0.3, 0.4) is 0 Å². The summed E-state index contributed by atoms with van der Waals surface area (Å²) in [6.45, 7) is 11.1. The van der Waals surface area contributed by atoms with E-state index < -0.39 is 0 Å². The van der Waals surface area contributed by atoms with E-state index in [2.05, 4.69) is 94.8 Å². The molecule has 0 fully saturated rings. The molecule has 2 rings (SSSR count). The zero-order valence-electron chi connectivity index (χ0n) is 14.7. The Kier molecular flexibility index (Phi) is 6.67. The first-order valence-corrected chi connectivity index (χ1v) is 8.63. The van der Waals surface area contributed by atoms with Crippen molar-refractivity contribution in [3.05, 3.63) is 59.9 Å². The summed E-state index contributed by atoms with van der Waals surface area (Å²) >= 11 is 3.53. The molecule has 0 aromatic heterocycles. The van der Waals surface area contributed by atoms with Crippen molar-refractivity contribution in [3.63, 3.8) is 0 Å². The number of allylic oxidation sites excluding steroid dienone is 8. The molecule has 1 aliphatic heterocycles. The van der Waals surface area contributed by atoms with Crippen LogP contribution in [0.4, 0.5) is 0 Å². The lowest BCUT2D eigenvalue weighted by Crippen LogP contribution is -2.12. The molecular formula is C20H29NS. The van der Waals surface area contributed by atoms with Crippen LogP contribution in [0.5, 0.6) is 0 Å². The summed E-state index contributed by atoms with van der Waals surface area (Å²) in [5, 5.41) is 0. The van der Waals surface area contributed by atoms with Crippen molar-refractivity contribution in [1.29, 1.82) is 0 Å². The molecule has 0 amide bonds. The van der Waals surface area contributed by atoms with Gasteiger partial charge in [0, 0.05) is 28.7 Å². The van der Waals surface area contributed by atoms with Crippen molar-refractivity contribution in [1.82, 2.24) is 0 Å². The van der Waals surface area contributed by atoms with Gasteiger partial charge in [-0.1, -0.05) is 75.8 Å². The van der Waals surface area contributed by atoms with Crippen LogP contribution in [-0.2, 0) is 0 Å². The van der Waals surface area contributed by atoms with Gasteiger partial charge in [-0.05, 0) is 19.3 Å². The molecule has 0 saturated heterocycles. The van der Waals surface area contributed by atoms with Crippen LogP contribution in [0.25, 0.3) is 0 Å². The van der Waals surface area contributed by atoms with Crippen LogP contribution in [0.2, 0.25) is 0 Å². The summed E-state index contributed by atoms with van der Waals surface area (Å²) in [5.41, 5.74) is 2.64. The largest absolute Gasteiger partial charge is 0.261 e. The SMILES string of the molecule is CC1=CC(C)(C)/C=C\C=C/C1C1=CC(C)(C)C=CC=N1.CS. The zero-order chi connectivity index (χ0) is 16.8. The highest BCUT2D eigenvalue weighted by molar-refractivity contribution is 7.79. The highest BCUT2D eigenvalue weighted by Gasteiger charge is 2.21. The Bertz CT molecular complexity index is 554. The van der Waals surface area contributed by atoms with Crippen LogP contribution in [0, 0.1) is 16.7 Å². The van der Waals surface area contributed by atoms with Crippen molar-refractivity contribution in [2.75, 3.05) is 6.26 Å². The summed E-state index contributed by atoms with van der Waals surface area (Å²) in [4.78, 5) is 4.65. The number of thiol groups is 1. The summed E-state index contributed by atoms with van der Waals surface area (Å²) in [5.74, 6) is 0.259. The Labute approximate surface area is 141 Å². The van der Waals surface area contributed by atoms with E-state index in [4.69, 9.17) is 0 Å². The van der Waals surface area contributed by atoms with Crippen molar-refractivity contribution in [3.8, 4) is 0 Å². The van der Waals surface area contributed by atoms with Gasteiger partial charge in [0.05, 0.1) is 0 Å². The van der Waals surface area contributed by atoms with Crippen molar-refractivity contribution < 1.29 is 0 Å². The summed E-state index contributed by atoms with van der Waals surface area (Å²) in [6.07, 6.45) is 21.2. The molecule has 1 aliphatic carbocycles. The molecule has 2 aliphatic rings. The Morgan fingerprint density at radius 1 is 0.909 bits per heavy atom. The molecule has 0 aromatic rings. The second-order valence-electron chi connectivity index (χ2n) is 6.96. The van der Waals surface area contributed by atoms with Gasteiger partial charge in [-0.2, -0.15) is 12.6 Å². The second-order valence-corrected chi connectivity index (χ2v) is 6.96. The lowest BCUT2D eigenvalue weighted by atomic mass is 9.82. The Morgan fingerprint density at radius 3 is 2.18 bits per heavy atom. The number of aliphatic imine (C=N–C) groups is 1. The molecule has 1 nitrogen and oxygen atoms in total. The average Bonchev–Trinajstić information content (AvgIpc) is 2.59. The van der Waals surface area contributed by atoms with Crippen LogP contribution < -0.4 is 0 Å². The van der Waals surface area contributed by atoms with E-state index in [-0.39, 0.29) is 16.7 Å². The van der Waals surface area contributed by atoms with Crippen LogP contribution in [0.1, 0.15) is 34.6 Å². The summed E-state index contributed by atoms with van der Waals surface area (Å²) in [6, 6.07) is 0. The van der Waals surface area contributed by atoms with E-state index in [9.17, 15) is 0 Å². The Balaban J connectivity index is 0.00000116. The average molecular weight is 316 g/mol. The minimum Gasteiger partial charge on any atom is -0.261 e. The first-order valence-electron chi connectivity index (χ1n) is 7.74. The van der Waals surface area contributed by atoms with Crippen molar-refractivity contribution in [2.45, 2.75) is 34.6 Å². The van der Waals surface area contributed by atoms with Crippen molar-refractivity contribution >= 4 is 18.8 Å². The van der Waals surface area contributed by atoms with Gasteiger partial charge in [-0.3, -0.25) is 4.99 Å². The van der Waals surface area contributed by atoms with Gasteiger partial charge in [-0.15, -0.1) is 0 Å². The van der Waals surface area contributed by atoms with E-state index in [1.165, 1.54) is 5.57 Å². The molecule has 22 heavy (non-hydrogen) atoms. The number of hydrogen-bond donors (Lipinski definition) is 1. The maximum absolute atomic E-state index is 4.65. The molecule has 0 radical (unpaired) electrons. The molecule has 120 valence electrons. The van der Waals surface area contributed by atoms with Crippen LogP contribution in [0.15, 0.2) is 64.9 Å². The second kappa shape index (κ2) is 7.82. The summed E-state index contributed by atoms with van der Waals surface area (Å²) < 4.78 is 0. The maximum Gasteiger partial charge on any atom is 0.0481 e. The molecule has 0 aromatic carbocycles. The predicted octanol–water partition coefficient (Wildman–Crippen LogP) is 5.80. The smallest absolute Gasteiger partial charge is 0.0481 e. The fourth-order valence-corrected chi connectivity index (χ4v) is 2.74. The quantitative estimate of drug-likeness (QED) is 0.464. The van der Waals surface area contributed by atoms with E-state index >= 15 is 0 Å². The molecule has 0 spiro atoms. The first kappa shape index (κ1) is 18.8. The van der Waals surface area contributed by atoms with E-state index in [0.29, 0.717) is 0 Å². The third-order valence-corrected chi connectivity index (χ3v) is 3.70. The van der Waals surface area contributed by atoms with E-state index in [0.717, 1.165) is 5.70 Å². The third kappa shape index (κ3) is 5.49. The normalized spacial score (nSPS) is 28.0. The molecule has 1 heterocycles. The number of rotatable bonds is 1. The van der Waals surface area contributed by atoms with Crippen LogP contribution in [-0.4, -0.2) is 12.5 Å². The molecule has 0 bridgehead atoms. The Morgan fingerprint density at radius 2 is 1.50 bits per heavy atom. The van der Waals surface area contributed by atoms with Crippen LogP contribution >= 0.6 is 12.6 Å². The van der Waals surface area contributed by atoms with E-state index in [1.807, 2.05) is 12.3 Å². The topological polar surface area (TPSA) is 12.4 Å². The van der Waals surface area contributed by atoms with Gasteiger partial charge >= 0.3 is 0 Å². The zero-order valence-corrected chi connectivity index (χ0v) is 15.6. The summed E-state index contributed by atoms with van der Waals surface area (Å²) in [7, 11) is 0. The number of nitrogens with zero attached hydrogens (tertiary/aromatic N) is 1. The minimum atomic E-state index is 0.0493. The highest BCUT2D eigenvalue weighted by Crippen LogP contribution is 2.34. The molecule has 1 atom stereocenters. The molecule has 2 heteroatoms. The lowest BCUT2D eigenvalue weighted by Gasteiger charge is -2.24. The highest BCUT2D eigenvalue weighted by atomic mass is 32.1. The fraction of sp³-hybridized carbons (Fsp3) is 0.450. The van der Waals surface area contributed by atoms with Gasteiger partial charge in [0.25, 0.3) is 0 Å².